The van der Waals surface area contributed by atoms with Crippen LogP contribution in [-0.2, 0) is 0 Å². The zero-order chi connectivity index (χ0) is 38.4. The molecule has 272 valence electrons. The zero-order valence-corrected chi connectivity index (χ0v) is 31.7. The van der Waals surface area contributed by atoms with Gasteiger partial charge in [-0.3, -0.25) is 0 Å². The van der Waals surface area contributed by atoms with Crippen molar-refractivity contribution in [3.63, 3.8) is 0 Å². The molecule has 2 nitrogen and oxygen atoms in total. The maximum absolute atomic E-state index is 6.28. The predicted octanol–water partition coefficient (Wildman–Crippen LogP) is 16.0. The van der Waals surface area contributed by atoms with Gasteiger partial charge in [0.2, 0.25) is 0 Å². The third-order valence-corrected chi connectivity index (χ3v) is 11.5. The number of furan rings is 1. The average molecular weight is 740 g/mol. The molecule has 11 rings (SSSR count). The van der Waals surface area contributed by atoms with E-state index in [4.69, 9.17) is 4.42 Å². The summed E-state index contributed by atoms with van der Waals surface area (Å²) in [6, 6.07) is 80.7. The summed E-state index contributed by atoms with van der Waals surface area (Å²) in [5.41, 5.74) is 12.4. The van der Waals surface area contributed by atoms with Gasteiger partial charge in [0.15, 0.2) is 0 Å². The summed E-state index contributed by atoms with van der Waals surface area (Å²) in [5, 5.41) is 8.54. The topological polar surface area (TPSA) is 16.4 Å². The highest BCUT2D eigenvalue weighted by molar-refractivity contribution is 6.09. The monoisotopic (exact) mass is 739 g/mol. The fraction of sp³-hybridized carbons (Fsp3) is 0. The van der Waals surface area contributed by atoms with Gasteiger partial charge in [-0.25, -0.2) is 0 Å². The van der Waals surface area contributed by atoms with E-state index >= 15 is 0 Å². The molecule has 0 aliphatic carbocycles. The highest BCUT2D eigenvalue weighted by Gasteiger charge is 2.19. The first kappa shape index (κ1) is 33.6. The number of fused-ring (bicyclic) bond motifs is 5. The first-order valence-electron chi connectivity index (χ1n) is 19.8. The van der Waals surface area contributed by atoms with E-state index in [1.807, 2.05) is 18.2 Å². The molecule has 1 aromatic heterocycles. The van der Waals surface area contributed by atoms with Crippen molar-refractivity contribution in [2.75, 3.05) is 4.90 Å². The standard InChI is InChI=1S/C56H37NO/c1-2-11-38(12-3-1)39-23-28-47(29-24-39)57(48-30-25-40(26-31-48)42-27-32-50-44(35-42)22-21-41-13-4-6-17-49(41)50)54-34-33-51(52-18-7-8-19-53(52)54)43-15-10-16-45(36-43)56-37-46-14-5-9-20-55(46)58-56/h1-37H. The maximum Gasteiger partial charge on any atom is 0.135 e. The quantitative estimate of drug-likeness (QED) is 0.151. The Morgan fingerprint density at radius 1 is 0.293 bits per heavy atom. The number of nitrogens with zero attached hydrogens (tertiary/aromatic N) is 1. The third kappa shape index (κ3) is 6.00. The number of para-hydroxylation sites is 1. The summed E-state index contributed by atoms with van der Waals surface area (Å²) < 4.78 is 6.28. The predicted molar refractivity (Wildman–Crippen MR) is 245 cm³/mol. The van der Waals surface area contributed by atoms with E-state index in [9.17, 15) is 0 Å². The van der Waals surface area contributed by atoms with Gasteiger partial charge in [0.1, 0.15) is 11.3 Å². The molecule has 0 unspecified atom stereocenters. The Kier molecular flexibility index (Phi) is 8.19. The van der Waals surface area contributed by atoms with Crippen LogP contribution in [-0.4, -0.2) is 0 Å². The van der Waals surface area contributed by atoms with E-state index in [-0.39, 0.29) is 0 Å². The Hall–Kier alpha value is -7.68. The summed E-state index contributed by atoms with van der Waals surface area (Å²) in [6.07, 6.45) is 0. The Bertz CT molecular complexity index is 3240. The molecule has 2 heteroatoms. The van der Waals surface area contributed by atoms with Crippen molar-refractivity contribution in [2.24, 2.45) is 0 Å². The summed E-state index contributed by atoms with van der Waals surface area (Å²) in [6.45, 7) is 0. The van der Waals surface area contributed by atoms with Gasteiger partial charge in [-0.15, -0.1) is 0 Å². The molecule has 1 heterocycles. The van der Waals surface area contributed by atoms with Crippen LogP contribution >= 0.6 is 0 Å². The van der Waals surface area contributed by atoms with Crippen LogP contribution in [0.2, 0.25) is 0 Å². The Balaban J connectivity index is 1.01. The third-order valence-electron chi connectivity index (χ3n) is 11.5. The Morgan fingerprint density at radius 3 is 1.64 bits per heavy atom. The molecule has 10 aromatic carbocycles. The molecule has 0 amide bonds. The van der Waals surface area contributed by atoms with Crippen molar-refractivity contribution >= 4 is 60.3 Å². The number of anilines is 3. The largest absolute Gasteiger partial charge is 0.456 e. The van der Waals surface area contributed by atoms with E-state index in [1.54, 1.807) is 0 Å². The number of rotatable bonds is 7. The lowest BCUT2D eigenvalue weighted by molar-refractivity contribution is 0.631. The van der Waals surface area contributed by atoms with Gasteiger partial charge in [0.25, 0.3) is 0 Å². The molecular formula is C56H37NO. The van der Waals surface area contributed by atoms with Crippen LogP contribution in [0.1, 0.15) is 0 Å². The smallest absolute Gasteiger partial charge is 0.135 e. The SMILES string of the molecule is c1ccc(-c2ccc(N(c3ccc(-c4ccc5c(ccc6ccccc65)c4)cc3)c3ccc(-c4cccc(-c5cc6ccccc6o5)c4)c4ccccc34)cc2)cc1. The van der Waals surface area contributed by atoms with Crippen LogP contribution in [0.15, 0.2) is 229 Å². The molecule has 0 saturated heterocycles. The molecule has 11 aromatic rings. The highest BCUT2D eigenvalue weighted by atomic mass is 16.3. The van der Waals surface area contributed by atoms with Gasteiger partial charge in [-0.2, -0.15) is 0 Å². The molecule has 0 saturated carbocycles. The van der Waals surface area contributed by atoms with Gasteiger partial charge in [-0.05, 0) is 115 Å². The maximum atomic E-state index is 6.28. The van der Waals surface area contributed by atoms with E-state index in [2.05, 4.69) is 211 Å². The van der Waals surface area contributed by atoms with Gasteiger partial charge in [0.05, 0.1) is 5.69 Å². The van der Waals surface area contributed by atoms with Crippen LogP contribution in [0.25, 0.3) is 88.0 Å². The number of benzene rings is 10. The Morgan fingerprint density at radius 2 is 0.862 bits per heavy atom. The van der Waals surface area contributed by atoms with E-state index in [0.717, 1.165) is 44.9 Å². The summed E-state index contributed by atoms with van der Waals surface area (Å²) in [5.74, 6) is 0.870. The highest BCUT2D eigenvalue weighted by Crippen LogP contribution is 2.43. The number of hydrogen-bond donors (Lipinski definition) is 0. The molecular weight excluding hydrogens is 703 g/mol. The second-order valence-electron chi connectivity index (χ2n) is 14.9. The molecule has 0 bridgehead atoms. The molecule has 0 aliphatic rings. The van der Waals surface area contributed by atoms with Gasteiger partial charge in [0, 0.05) is 27.7 Å². The van der Waals surface area contributed by atoms with Gasteiger partial charge >= 0.3 is 0 Å². The lowest BCUT2D eigenvalue weighted by Crippen LogP contribution is -2.10. The molecule has 0 spiro atoms. The lowest BCUT2D eigenvalue weighted by Gasteiger charge is -2.28. The second-order valence-corrected chi connectivity index (χ2v) is 14.9. The molecule has 0 N–H and O–H groups in total. The normalized spacial score (nSPS) is 11.4. The first-order chi connectivity index (χ1) is 28.7. The van der Waals surface area contributed by atoms with Crippen LogP contribution in [0.4, 0.5) is 17.1 Å². The minimum absolute atomic E-state index is 0.870. The summed E-state index contributed by atoms with van der Waals surface area (Å²) >= 11 is 0. The van der Waals surface area contributed by atoms with Crippen molar-refractivity contribution < 1.29 is 4.42 Å². The van der Waals surface area contributed by atoms with Crippen LogP contribution in [0, 0.1) is 0 Å². The average Bonchev–Trinajstić information content (AvgIpc) is 3.75. The molecule has 0 atom stereocenters. The van der Waals surface area contributed by atoms with E-state index in [1.165, 1.54) is 60.1 Å². The van der Waals surface area contributed by atoms with Gasteiger partial charge < -0.3 is 9.32 Å². The summed E-state index contributed by atoms with van der Waals surface area (Å²) in [7, 11) is 0. The zero-order valence-electron chi connectivity index (χ0n) is 31.7. The fourth-order valence-electron chi connectivity index (χ4n) is 8.55. The fourth-order valence-corrected chi connectivity index (χ4v) is 8.55. The second kappa shape index (κ2) is 14.1. The first-order valence-corrected chi connectivity index (χ1v) is 19.8. The van der Waals surface area contributed by atoms with Gasteiger partial charge in [-0.1, -0.05) is 170 Å². The molecule has 58 heavy (non-hydrogen) atoms. The summed E-state index contributed by atoms with van der Waals surface area (Å²) in [4.78, 5) is 2.39. The van der Waals surface area contributed by atoms with Crippen molar-refractivity contribution in [3.8, 4) is 44.7 Å². The van der Waals surface area contributed by atoms with Crippen molar-refractivity contribution in [1.29, 1.82) is 0 Å². The number of hydrogen-bond acceptors (Lipinski definition) is 2. The van der Waals surface area contributed by atoms with Crippen molar-refractivity contribution in [1.82, 2.24) is 0 Å². The molecule has 0 aliphatic heterocycles. The minimum Gasteiger partial charge on any atom is -0.456 e. The van der Waals surface area contributed by atoms with Crippen LogP contribution in [0.3, 0.4) is 0 Å². The Labute approximate surface area is 337 Å². The minimum atomic E-state index is 0.870. The molecule has 0 radical (unpaired) electrons. The molecule has 0 fully saturated rings. The van der Waals surface area contributed by atoms with Crippen LogP contribution in [0.5, 0.6) is 0 Å². The van der Waals surface area contributed by atoms with Crippen molar-refractivity contribution in [3.05, 3.63) is 224 Å². The van der Waals surface area contributed by atoms with E-state index in [0.29, 0.717) is 0 Å². The van der Waals surface area contributed by atoms with E-state index < -0.39 is 0 Å². The lowest BCUT2D eigenvalue weighted by atomic mass is 9.94. The van der Waals surface area contributed by atoms with Crippen LogP contribution < -0.4 is 4.90 Å². The van der Waals surface area contributed by atoms with Crippen molar-refractivity contribution in [2.45, 2.75) is 0 Å².